The van der Waals surface area contributed by atoms with Crippen LogP contribution in [-0.2, 0) is 11.3 Å². The number of nitrogens with one attached hydrogen (secondary N) is 1. The first kappa shape index (κ1) is 13.8. The van der Waals surface area contributed by atoms with E-state index in [1.165, 1.54) is 11.1 Å². The van der Waals surface area contributed by atoms with Gasteiger partial charge in [0.1, 0.15) is 0 Å². The summed E-state index contributed by atoms with van der Waals surface area (Å²) in [4.78, 5) is 5.76. The van der Waals surface area contributed by atoms with Crippen molar-refractivity contribution in [1.29, 1.82) is 0 Å². The highest BCUT2D eigenvalue weighted by Gasteiger charge is 2.10. The van der Waals surface area contributed by atoms with Crippen molar-refractivity contribution in [2.75, 3.05) is 32.8 Å². The van der Waals surface area contributed by atoms with Crippen LogP contribution in [0.15, 0.2) is 18.2 Å². The summed E-state index contributed by atoms with van der Waals surface area (Å²) >= 11 is 5.44. The highest BCUT2D eigenvalue weighted by molar-refractivity contribution is 7.71. The zero-order valence-corrected chi connectivity index (χ0v) is 12.7. The molecule has 0 amide bonds. The van der Waals surface area contributed by atoms with Gasteiger partial charge in [-0.15, -0.1) is 0 Å². The summed E-state index contributed by atoms with van der Waals surface area (Å²) in [6.45, 7) is 8.03. The van der Waals surface area contributed by atoms with Gasteiger partial charge in [-0.2, -0.15) is 0 Å². The van der Waals surface area contributed by atoms with Gasteiger partial charge in [-0.25, -0.2) is 0 Å². The van der Waals surface area contributed by atoms with Crippen molar-refractivity contribution in [2.24, 2.45) is 0 Å². The number of morpholine rings is 1. The number of fused-ring (bicyclic) bond motifs is 1. The van der Waals surface area contributed by atoms with Crippen molar-refractivity contribution >= 4 is 23.3 Å². The fourth-order valence-electron chi connectivity index (χ4n) is 2.78. The molecule has 0 unspecified atom stereocenters. The standard InChI is InChI=1S/C15H21N3OS/c1-12-3-4-14-13(11-12)16-15(20)18(14)6-2-5-17-7-9-19-10-8-17/h3-4,11H,2,5-10H2,1H3,(H,16,20). The van der Waals surface area contributed by atoms with E-state index in [4.69, 9.17) is 17.0 Å². The lowest BCUT2D eigenvalue weighted by atomic mass is 10.2. The van der Waals surface area contributed by atoms with Crippen LogP contribution in [0.25, 0.3) is 11.0 Å². The summed E-state index contributed by atoms with van der Waals surface area (Å²) in [7, 11) is 0. The molecule has 2 heterocycles. The van der Waals surface area contributed by atoms with E-state index in [1.807, 2.05) is 0 Å². The van der Waals surface area contributed by atoms with Gasteiger partial charge in [-0.1, -0.05) is 6.07 Å². The van der Waals surface area contributed by atoms with E-state index in [0.29, 0.717) is 0 Å². The Morgan fingerprint density at radius 2 is 2.05 bits per heavy atom. The molecule has 1 aliphatic heterocycles. The van der Waals surface area contributed by atoms with Gasteiger partial charge in [-0.3, -0.25) is 4.90 Å². The number of rotatable bonds is 4. The Balaban J connectivity index is 1.68. The molecule has 0 bridgehead atoms. The van der Waals surface area contributed by atoms with Gasteiger partial charge in [0, 0.05) is 26.2 Å². The molecule has 0 atom stereocenters. The molecule has 1 saturated heterocycles. The minimum atomic E-state index is 0.826. The molecular weight excluding hydrogens is 270 g/mol. The van der Waals surface area contributed by atoms with Crippen LogP contribution in [0.3, 0.4) is 0 Å². The predicted molar refractivity (Wildman–Crippen MR) is 83.7 cm³/mol. The summed E-state index contributed by atoms with van der Waals surface area (Å²) < 4.78 is 8.41. The molecule has 20 heavy (non-hydrogen) atoms. The number of aromatic nitrogens is 2. The van der Waals surface area contributed by atoms with Crippen molar-refractivity contribution in [3.63, 3.8) is 0 Å². The average Bonchev–Trinajstić information content (AvgIpc) is 2.75. The second-order valence-corrected chi connectivity index (χ2v) is 5.80. The van der Waals surface area contributed by atoms with E-state index < -0.39 is 0 Å². The number of benzene rings is 1. The number of hydrogen-bond donors (Lipinski definition) is 1. The van der Waals surface area contributed by atoms with Crippen LogP contribution in [0.5, 0.6) is 0 Å². The van der Waals surface area contributed by atoms with Crippen molar-refractivity contribution in [3.8, 4) is 0 Å². The van der Waals surface area contributed by atoms with Gasteiger partial charge in [0.25, 0.3) is 0 Å². The fraction of sp³-hybridized carbons (Fsp3) is 0.533. The smallest absolute Gasteiger partial charge is 0.178 e. The Morgan fingerprint density at radius 1 is 1.25 bits per heavy atom. The van der Waals surface area contributed by atoms with Gasteiger partial charge >= 0.3 is 0 Å². The zero-order chi connectivity index (χ0) is 13.9. The minimum Gasteiger partial charge on any atom is -0.379 e. The monoisotopic (exact) mass is 291 g/mol. The second-order valence-electron chi connectivity index (χ2n) is 5.41. The molecule has 0 spiro atoms. The fourth-order valence-corrected chi connectivity index (χ4v) is 3.08. The van der Waals surface area contributed by atoms with E-state index in [1.54, 1.807) is 0 Å². The number of aryl methyl sites for hydroxylation is 2. The second kappa shape index (κ2) is 6.08. The number of hydrogen-bond acceptors (Lipinski definition) is 3. The van der Waals surface area contributed by atoms with E-state index in [-0.39, 0.29) is 0 Å². The number of nitrogens with zero attached hydrogens (tertiary/aromatic N) is 2. The summed E-state index contributed by atoms with van der Waals surface area (Å²) in [5.74, 6) is 0. The lowest BCUT2D eigenvalue weighted by Crippen LogP contribution is -2.37. The molecule has 3 rings (SSSR count). The molecule has 4 nitrogen and oxygen atoms in total. The van der Waals surface area contributed by atoms with Gasteiger partial charge in [0.2, 0.25) is 0 Å². The molecular formula is C15H21N3OS. The quantitative estimate of drug-likeness (QED) is 0.879. The van der Waals surface area contributed by atoms with E-state index in [9.17, 15) is 0 Å². The molecule has 0 saturated carbocycles. The maximum absolute atomic E-state index is 5.44. The Bertz CT molecular complexity index is 640. The molecule has 108 valence electrons. The van der Waals surface area contributed by atoms with E-state index in [0.717, 1.165) is 56.1 Å². The third-order valence-corrected chi connectivity index (χ3v) is 4.21. The summed E-state index contributed by atoms with van der Waals surface area (Å²) in [5, 5.41) is 0. The molecule has 1 aromatic heterocycles. The maximum Gasteiger partial charge on any atom is 0.178 e. The van der Waals surface area contributed by atoms with Crippen molar-refractivity contribution in [2.45, 2.75) is 19.9 Å². The first-order valence-electron chi connectivity index (χ1n) is 7.23. The average molecular weight is 291 g/mol. The van der Waals surface area contributed by atoms with Crippen LogP contribution in [0, 0.1) is 11.7 Å². The van der Waals surface area contributed by atoms with Crippen molar-refractivity contribution in [3.05, 3.63) is 28.5 Å². The predicted octanol–water partition coefficient (Wildman–Crippen LogP) is 2.73. The highest BCUT2D eigenvalue weighted by Crippen LogP contribution is 2.16. The molecule has 0 aliphatic carbocycles. The van der Waals surface area contributed by atoms with Crippen LogP contribution in [0.1, 0.15) is 12.0 Å². The van der Waals surface area contributed by atoms with Crippen LogP contribution in [0.2, 0.25) is 0 Å². The number of H-pyrrole nitrogens is 1. The van der Waals surface area contributed by atoms with Crippen LogP contribution in [-0.4, -0.2) is 47.3 Å². The molecule has 1 fully saturated rings. The summed E-state index contributed by atoms with van der Waals surface area (Å²) in [5.41, 5.74) is 3.61. The molecule has 0 radical (unpaired) electrons. The SMILES string of the molecule is Cc1ccc2c(c1)[nH]c(=S)n2CCCN1CCOCC1. The molecule has 1 aromatic carbocycles. The number of ether oxygens (including phenoxy) is 1. The highest BCUT2D eigenvalue weighted by atomic mass is 32.1. The Kier molecular flexibility index (Phi) is 4.19. The van der Waals surface area contributed by atoms with Crippen molar-refractivity contribution in [1.82, 2.24) is 14.5 Å². The van der Waals surface area contributed by atoms with Gasteiger partial charge in [0.05, 0.1) is 24.2 Å². The van der Waals surface area contributed by atoms with Crippen LogP contribution in [0.4, 0.5) is 0 Å². The molecule has 1 N–H and O–H groups in total. The van der Waals surface area contributed by atoms with Gasteiger partial charge in [0.15, 0.2) is 4.77 Å². The lowest BCUT2D eigenvalue weighted by Gasteiger charge is -2.26. The van der Waals surface area contributed by atoms with Crippen LogP contribution < -0.4 is 0 Å². The first-order chi connectivity index (χ1) is 9.74. The summed E-state index contributed by atoms with van der Waals surface area (Å²) in [6.07, 6.45) is 1.12. The van der Waals surface area contributed by atoms with Gasteiger partial charge in [-0.05, 0) is 43.3 Å². The zero-order valence-electron chi connectivity index (χ0n) is 11.9. The Labute approximate surface area is 124 Å². The summed E-state index contributed by atoms with van der Waals surface area (Å²) in [6, 6.07) is 6.46. The minimum absolute atomic E-state index is 0.826. The first-order valence-corrected chi connectivity index (χ1v) is 7.64. The van der Waals surface area contributed by atoms with Crippen molar-refractivity contribution < 1.29 is 4.74 Å². The van der Waals surface area contributed by atoms with E-state index >= 15 is 0 Å². The Hall–Kier alpha value is -1.17. The van der Waals surface area contributed by atoms with Crippen LogP contribution >= 0.6 is 12.2 Å². The largest absolute Gasteiger partial charge is 0.379 e. The topological polar surface area (TPSA) is 33.2 Å². The lowest BCUT2D eigenvalue weighted by molar-refractivity contribution is 0.0369. The molecule has 2 aromatic rings. The van der Waals surface area contributed by atoms with E-state index in [2.05, 4.69) is 39.6 Å². The number of aromatic amines is 1. The molecule has 5 heteroatoms. The third kappa shape index (κ3) is 2.95. The third-order valence-electron chi connectivity index (χ3n) is 3.89. The number of imidazole rings is 1. The maximum atomic E-state index is 5.44. The van der Waals surface area contributed by atoms with Gasteiger partial charge < -0.3 is 14.3 Å². The Morgan fingerprint density at radius 3 is 2.85 bits per heavy atom. The molecule has 1 aliphatic rings. The normalized spacial score (nSPS) is 16.9.